The summed E-state index contributed by atoms with van der Waals surface area (Å²) in [6.45, 7) is 3.53. The van der Waals surface area contributed by atoms with Gasteiger partial charge in [0, 0.05) is 11.6 Å². The van der Waals surface area contributed by atoms with Crippen LogP contribution in [0.5, 0.6) is 5.75 Å². The molecule has 7 heteroatoms. The zero-order chi connectivity index (χ0) is 21.4. The Balaban J connectivity index is 1.92. The van der Waals surface area contributed by atoms with Crippen LogP contribution in [0.1, 0.15) is 28.5 Å². The summed E-state index contributed by atoms with van der Waals surface area (Å²) in [5.41, 5.74) is 1.88. The van der Waals surface area contributed by atoms with Gasteiger partial charge < -0.3 is 14.4 Å². The Bertz CT molecular complexity index is 1160. The second kappa shape index (κ2) is 7.51. The van der Waals surface area contributed by atoms with Gasteiger partial charge in [0.2, 0.25) is 0 Å². The molecule has 30 heavy (non-hydrogen) atoms. The molecule has 1 N–H and O–H groups in total. The summed E-state index contributed by atoms with van der Waals surface area (Å²) in [6, 6.07) is 14.9. The number of benzene rings is 2. The molecule has 0 saturated carbocycles. The minimum Gasteiger partial charge on any atom is -0.507 e. The van der Waals surface area contributed by atoms with Gasteiger partial charge in [0.1, 0.15) is 17.3 Å². The predicted octanol–water partition coefficient (Wildman–Crippen LogP) is 3.93. The molecule has 152 valence electrons. The van der Waals surface area contributed by atoms with E-state index in [0.29, 0.717) is 22.6 Å². The van der Waals surface area contributed by atoms with E-state index in [1.54, 1.807) is 62.6 Å². The minimum atomic E-state index is -0.835. The molecule has 1 amide bonds. The summed E-state index contributed by atoms with van der Waals surface area (Å²) >= 11 is 0. The molecule has 1 saturated heterocycles. The number of aryl methyl sites for hydroxylation is 2. The average Bonchev–Trinajstić information content (AvgIpc) is 3.29. The number of carbonyl (C=O) groups excluding carboxylic acids is 2. The summed E-state index contributed by atoms with van der Waals surface area (Å²) in [5.74, 6) is -0.433. The Hall–Kier alpha value is -3.87. The average molecular weight is 404 g/mol. The van der Waals surface area contributed by atoms with E-state index in [-0.39, 0.29) is 17.2 Å². The lowest BCUT2D eigenvalue weighted by Gasteiger charge is -2.22. The molecule has 0 unspecified atom stereocenters. The van der Waals surface area contributed by atoms with Gasteiger partial charge in [-0.3, -0.25) is 14.5 Å². The first-order chi connectivity index (χ1) is 14.4. The van der Waals surface area contributed by atoms with Crippen molar-refractivity contribution in [1.82, 2.24) is 5.16 Å². The number of hydrogen-bond donors (Lipinski definition) is 1. The standard InChI is InChI=1S/C23H20N2O5/c1-13-11-16(9-10-17(13)29-3)21(26)19-20(15-7-5-4-6-8-15)25(23(28)22(19)27)18-12-14(2)30-24-18/h4-12,20,26H,1-3H3/t20-/m1/s1. The van der Waals surface area contributed by atoms with Crippen molar-refractivity contribution in [2.45, 2.75) is 19.9 Å². The fourth-order valence-corrected chi connectivity index (χ4v) is 3.67. The third-order valence-corrected chi connectivity index (χ3v) is 5.09. The number of carbonyl (C=O) groups is 2. The Labute approximate surface area is 173 Å². The monoisotopic (exact) mass is 404 g/mol. The van der Waals surface area contributed by atoms with Crippen molar-refractivity contribution < 1.29 is 24.0 Å². The van der Waals surface area contributed by atoms with Crippen LogP contribution in [0, 0.1) is 13.8 Å². The molecule has 1 aromatic heterocycles. The summed E-state index contributed by atoms with van der Waals surface area (Å²) in [5, 5.41) is 15.0. The van der Waals surface area contributed by atoms with Crippen molar-refractivity contribution in [3.8, 4) is 5.75 Å². The molecule has 0 aliphatic carbocycles. The molecule has 0 bridgehead atoms. The van der Waals surface area contributed by atoms with Crippen LogP contribution < -0.4 is 9.64 Å². The maximum Gasteiger partial charge on any atom is 0.301 e. The minimum absolute atomic E-state index is 0.00331. The number of ether oxygens (including phenoxy) is 1. The maximum absolute atomic E-state index is 13.0. The number of anilines is 1. The molecule has 1 atom stereocenters. The smallest absolute Gasteiger partial charge is 0.301 e. The number of hydrogen-bond acceptors (Lipinski definition) is 6. The molecule has 2 heterocycles. The molecule has 3 aromatic rings. The Morgan fingerprint density at radius 2 is 1.83 bits per heavy atom. The summed E-state index contributed by atoms with van der Waals surface area (Å²) in [7, 11) is 1.56. The fourth-order valence-electron chi connectivity index (χ4n) is 3.67. The molecule has 2 aromatic carbocycles. The van der Waals surface area contributed by atoms with Crippen molar-refractivity contribution in [3.63, 3.8) is 0 Å². The number of aliphatic hydroxyl groups is 1. The van der Waals surface area contributed by atoms with Gasteiger partial charge in [-0.1, -0.05) is 35.5 Å². The number of methoxy groups -OCH3 is 1. The topological polar surface area (TPSA) is 92.9 Å². The van der Waals surface area contributed by atoms with Gasteiger partial charge in [-0.2, -0.15) is 0 Å². The van der Waals surface area contributed by atoms with Crippen molar-refractivity contribution in [2.24, 2.45) is 0 Å². The third kappa shape index (κ3) is 3.14. The number of ketones is 1. The van der Waals surface area contributed by atoms with Gasteiger partial charge in [0.15, 0.2) is 5.82 Å². The van der Waals surface area contributed by atoms with E-state index in [0.717, 1.165) is 5.56 Å². The van der Waals surface area contributed by atoms with Crippen molar-refractivity contribution in [1.29, 1.82) is 0 Å². The lowest BCUT2D eigenvalue weighted by Crippen LogP contribution is -2.29. The number of rotatable bonds is 4. The number of Topliss-reactive ketones (excluding diaryl/α,β-unsaturated/α-hetero) is 1. The van der Waals surface area contributed by atoms with Crippen molar-refractivity contribution in [3.05, 3.63) is 82.6 Å². The Kier molecular flexibility index (Phi) is 4.87. The Morgan fingerprint density at radius 1 is 1.10 bits per heavy atom. The summed E-state index contributed by atoms with van der Waals surface area (Å²) in [6.07, 6.45) is 0. The molecular formula is C23H20N2O5. The third-order valence-electron chi connectivity index (χ3n) is 5.09. The largest absolute Gasteiger partial charge is 0.507 e. The highest BCUT2D eigenvalue weighted by Crippen LogP contribution is 2.42. The first kappa shape index (κ1) is 19.4. The summed E-state index contributed by atoms with van der Waals surface area (Å²) in [4.78, 5) is 27.2. The zero-order valence-electron chi connectivity index (χ0n) is 16.7. The highest BCUT2D eigenvalue weighted by Gasteiger charge is 2.48. The predicted molar refractivity (Wildman–Crippen MR) is 110 cm³/mol. The van der Waals surface area contributed by atoms with Crippen LogP contribution in [0.15, 0.2) is 64.7 Å². The molecule has 1 aliphatic rings. The van der Waals surface area contributed by atoms with E-state index in [9.17, 15) is 14.7 Å². The maximum atomic E-state index is 13.0. The van der Waals surface area contributed by atoms with Gasteiger partial charge in [-0.25, -0.2) is 0 Å². The van der Waals surface area contributed by atoms with Crippen LogP contribution >= 0.6 is 0 Å². The van der Waals surface area contributed by atoms with E-state index < -0.39 is 17.7 Å². The summed E-state index contributed by atoms with van der Waals surface area (Å²) < 4.78 is 10.4. The van der Waals surface area contributed by atoms with Gasteiger partial charge in [0.25, 0.3) is 5.78 Å². The van der Waals surface area contributed by atoms with E-state index in [2.05, 4.69) is 5.16 Å². The number of aromatic nitrogens is 1. The van der Waals surface area contributed by atoms with Crippen LogP contribution in [0.2, 0.25) is 0 Å². The zero-order valence-corrected chi connectivity index (χ0v) is 16.7. The quantitative estimate of drug-likeness (QED) is 0.402. The SMILES string of the molecule is COc1ccc(C(O)=C2C(=O)C(=O)N(c3cc(C)on3)[C@@H]2c2ccccc2)cc1C. The van der Waals surface area contributed by atoms with E-state index >= 15 is 0 Å². The first-order valence-corrected chi connectivity index (χ1v) is 9.36. The second-order valence-electron chi connectivity index (χ2n) is 7.06. The molecule has 0 radical (unpaired) electrons. The highest BCUT2D eigenvalue weighted by molar-refractivity contribution is 6.51. The molecule has 1 aliphatic heterocycles. The fraction of sp³-hybridized carbons (Fsp3) is 0.174. The van der Waals surface area contributed by atoms with Crippen LogP contribution in [0.25, 0.3) is 5.76 Å². The second-order valence-corrected chi connectivity index (χ2v) is 7.06. The van der Waals surface area contributed by atoms with Crippen molar-refractivity contribution >= 4 is 23.3 Å². The van der Waals surface area contributed by atoms with Crippen LogP contribution in [0.3, 0.4) is 0 Å². The van der Waals surface area contributed by atoms with Crippen LogP contribution in [0.4, 0.5) is 5.82 Å². The number of nitrogens with zero attached hydrogens (tertiary/aromatic N) is 2. The molecular weight excluding hydrogens is 384 g/mol. The van der Waals surface area contributed by atoms with Gasteiger partial charge >= 0.3 is 5.91 Å². The normalized spacial score (nSPS) is 18.1. The Morgan fingerprint density at radius 3 is 2.43 bits per heavy atom. The first-order valence-electron chi connectivity index (χ1n) is 9.36. The van der Waals surface area contributed by atoms with E-state index in [1.165, 1.54) is 4.90 Å². The molecule has 0 spiro atoms. The lowest BCUT2D eigenvalue weighted by atomic mass is 9.95. The van der Waals surface area contributed by atoms with Gasteiger partial charge in [-0.05, 0) is 43.2 Å². The van der Waals surface area contributed by atoms with Crippen molar-refractivity contribution in [2.75, 3.05) is 12.0 Å². The van der Waals surface area contributed by atoms with Gasteiger partial charge in [0.05, 0.1) is 18.7 Å². The lowest BCUT2D eigenvalue weighted by molar-refractivity contribution is -0.132. The molecule has 7 nitrogen and oxygen atoms in total. The number of amides is 1. The number of aliphatic hydroxyl groups excluding tert-OH is 1. The van der Waals surface area contributed by atoms with E-state index in [1.807, 2.05) is 13.0 Å². The van der Waals surface area contributed by atoms with Crippen LogP contribution in [-0.2, 0) is 9.59 Å². The molecule has 4 rings (SSSR count). The van der Waals surface area contributed by atoms with Gasteiger partial charge in [-0.15, -0.1) is 0 Å². The van der Waals surface area contributed by atoms with E-state index in [4.69, 9.17) is 9.26 Å². The highest BCUT2D eigenvalue weighted by atomic mass is 16.5. The molecule has 1 fully saturated rings. The van der Waals surface area contributed by atoms with Crippen LogP contribution in [-0.4, -0.2) is 29.1 Å².